The zero-order valence-electron chi connectivity index (χ0n) is 18.2. The van der Waals surface area contributed by atoms with Gasteiger partial charge in [0.1, 0.15) is 5.82 Å². The van der Waals surface area contributed by atoms with Crippen molar-refractivity contribution in [1.82, 2.24) is 9.97 Å². The van der Waals surface area contributed by atoms with Crippen LogP contribution in [-0.2, 0) is 5.88 Å². The van der Waals surface area contributed by atoms with Gasteiger partial charge in [-0.3, -0.25) is 4.79 Å². The molecule has 1 heterocycles. The SMILES string of the molecule is Cc1ccc(CCl)cc1NC(=O)c1ccc(Nc2ncc(C)c(-c3ccccc3)n2)c(F)c1. The molecule has 166 valence electrons. The van der Waals surface area contributed by atoms with E-state index in [2.05, 4.69) is 20.6 Å². The second-order valence-corrected chi connectivity index (χ2v) is 7.92. The van der Waals surface area contributed by atoms with Gasteiger partial charge in [0.2, 0.25) is 5.95 Å². The van der Waals surface area contributed by atoms with Gasteiger partial charge in [-0.15, -0.1) is 11.6 Å². The van der Waals surface area contributed by atoms with Crippen molar-refractivity contribution in [3.05, 3.63) is 101 Å². The van der Waals surface area contributed by atoms with Crippen molar-refractivity contribution in [2.45, 2.75) is 19.7 Å². The van der Waals surface area contributed by atoms with E-state index in [9.17, 15) is 9.18 Å². The molecular formula is C26H22ClFN4O. The predicted octanol–water partition coefficient (Wildman–Crippen LogP) is 6.63. The minimum absolute atomic E-state index is 0.176. The molecule has 0 bridgehead atoms. The molecule has 0 unspecified atom stereocenters. The number of carbonyl (C=O) groups excluding carboxylic acids is 1. The Kier molecular flexibility index (Phi) is 6.66. The molecule has 4 aromatic rings. The number of hydrogen-bond acceptors (Lipinski definition) is 4. The van der Waals surface area contributed by atoms with Crippen molar-refractivity contribution in [3.63, 3.8) is 0 Å². The monoisotopic (exact) mass is 460 g/mol. The first-order chi connectivity index (χ1) is 15.9. The fourth-order valence-electron chi connectivity index (χ4n) is 3.35. The first kappa shape index (κ1) is 22.4. The average Bonchev–Trinajstić information content (AvgIpc) is 2.83. The first-order valence-corrected chi connectivity index (χ1v) is 10.9. The highest BCUT2D eigenvalue weighted by Crippen LogP contribution is 2.25. The molecule has 1 amide bonds. The number of hydrogen-bond donors (Lipinski definition) is 2. The summed E-state index contributed by atoms with van der Waals surface area (Å²) in [6, 6.07) is 19.5. The lowest BCUT2D eigenvalue weighted by Gasteiger charge is -2.12. The molecule has 2 N–H and O–H groups in total. The summed E-state index contributed by atoms with van der Waals surface area (Å²) in [4.78, 5) is 21.5. The van der Waals surface area contributed by atoms with Crippen LogP contribution >= 0.6 is 11.6 Å². The number of nitrogens with one attached hydrogen (secondary N) is 2. The molecule has 0 radical (unpaired) electrons. The molecular weight excluding hydrogens is 439 g/mol. The molecule has 0 aliphatic rings. The van der Waals surface area contributed by atoms with E-state index < -0.39 is 11.7 Å². The number of halogens is 2. The maximum atomic E-state index is 14.8. The number of alkyl halides is 1. The zero-order valence-corrected chi connectivity index (χ0v) is 18.9. The molecule has 5 nitrogen and oxygen atoms in total. The van der Waals surface area contributed by atoms with Crippen LogP contribution in [0.3, 0.4) is 0 Å². The standard InChI is InChI=1S/C26H22ClFN4O/c1-16-8-9-18(14-27)12-23(16)30-25(33)20-10-11-22(21(28)13-20)31-26-29-15-17(2)24(32-26)19-6-4-3-5-7-19/h3-13,15H,14H2,1-2H3,(H,30,33)(H,29,31,32). The molecule has 3 aromatic carbocycles. The Morgan fingerprint density at radius 2 is 1.76 bits per heavy atom. The number of anilines is 3. The van der Waals surface area contributed by atoms with Gasteiger partial charge in [-0.1, -0.05) is 42.5 Å². The van der Waals surface area contributed by atoms with E-state index in [1.165, 1.54) is 12.1 Å². The molecule has 4 rings (SSSR count). The van der Waals surface area contributed by atoms with Gasteiger partial charge in [0, 0.05) is 28.9 Å². The molecule has 0 aliphatic carbocycles. The van der Waals surface area contributed by atoms with Crippen molar-refractivity contribution in [1.29, 1.82) is 0 Å². The highest BCUT2D eigenvalue weighted by Gasteiger charge is 2.13. The topological polar surface area (TPSA) is 66.9 Å². The summed E-state index contributed by atoms with van der Waals surface area (Å²) in [7, 11) is 0. The maximum Gasteiger partial charge on any atom is 0.255 e. The van der Waals surface area contributed by atoms with Gasteiger partial charge < -0.3 is 10.6 Å². The number of amides is 1. The van der Waals surface area contributed by atoms with Crippen LogP contribution in [0.4, 0.5) is 21.7 Å². The Balaban J connectivity index is 1.53. The largest absolute Gasteiger partial charge is 0.322 e. The smallest absolute Gasteiger partial charge is 0.255 e. The summed E-state index contributed by atoms with van der Waals surface area (Å²) < 4.78 is 14.8. The molecule has 0 fully saturated rings. The number of benzene rings is 3. The summed E-state index contributed by atoms with van der Waals surface area (Å²) in [6.45, 7) is 3.80. The van der Waals surface area contributed by atoms with E-state index in [0.29, 0.717) is 11.6 Å². The second kappa shape index (κ2) is 9.79. The minimum Gasteiger partial charge on any atom is -0.322 e. The summed E-state index contributed by atoms with van der Waals surface area (Å²) in [5, 5.41) is 5.73. The van der Waals surface area contributed by atoms with Crippen molar-refractivity contribution in [2.24, 2.45) is 0 Å². The number of rotatable bonds is 6. The number of aryl methyl sites for hydroxylation is 2. The molecule has 7 heteroatoms. The lowest BCUT2D eigenvalue weighted by atomic mass is 10.1. The number of nitrogens with zero attached hydrogens (tertiary/aromatic N) is 2. The van der Waals surface area contributed by atoms with Crippen LogP contribution in [0.5, 0.6) is 0 Å². The lowest BCUT2D eigenvalue weighted by molar-refractivity contribution is 0.102. The minimum atomic E-state index is -0.584. The van der Waals surface area contributed by atoms with Crippen LogP contribution in [0.1, 0.15) is 27.0 Å². The van der Waals surface area contributed by atoms with Gasteiger partial charge in [-0.25, -0.2) is 14.4 Å². The van der Waals surface area contributed by atoms with E-state index in [1.807, 2.05) is 62.4 Å². The van der Waals surface area contributed by atoms with Crippen molar-refractivity contribution < 1.29 is 9.18 Å². The summed E-state index contributed by atoms with van der Waals surface area (Å²) in [5.41, 5.74) is 5.41. The first-order valence-electron chi connectivity index (χ1n) is 10.4. The van der Waals surface area contributed by atoms with E-state index in [-0.39, 0.29) is 17.2 Å². The normalized spacial score (nSPS) is 10.7. The van der Waals surface area contributed by atoms with Crippen molar-refractivity contribution in [3.8, 4) is 11.3 Å². The predicted molar refractivity (Wildman–Crippen MR) is 131 cm³/mol. The number of aromatic nitrogens is 2. The van der Waals surface area contributed by atoms with Crippen LogP contribution in [0, 0.1) is 19.7 Å². The van der Waals surface area contributed by atoms with Crippen LogP contribution in [0.2, 0.25) is 0 Å². The Labute approximate surface area is 196 Å². The molecule has 1 aromatic heterocycles. The second-order valence-electron chi connectivity index (χ2n) is 7.65. The molecule has 0 aliphatic heterocycles. The average molecular weight is 461 g/mol. The van der Waals surface area contributed by atoms with Crippen molar-refractivity contribution in [2.75, 3.05) is 10.6 Å². The van der Waals surface area contributed by atoms with Gasteiger partial charge in [0.05, 0.1) is 11.4 Å². The Morgan fingerprint density at radius 1 is 0.970 bits per heavy atom. The highest BCUT2D eigenvalue weighted by atomic mass is 35.5. The van der Waals surface area contributed by atoms with E-state index >= 15 is 0 Å². The highest BCUT2D eigenvalue weighted by molar-refractivity contribution is 6.17. The Hall–Kier alpha value is -3.77. The van der Waals surface area contributed by atoms with Gasteiger partial charge >= 0.3 is 0 Å². The van der Waals surface area contributed by atoms with Crippen LogP contribution in [0.25, 0.3) is 11.3 Å². The summed E-state index contributed by atoms with van der Waals surface area (Å²) in [6.07, 6.45) is 1.69. The fraction of sp³-hybridized carbons (Fsp3) is 0.115. The quantitative estimate of drug-likeness (QED) is 0.317. The molecule has 0 saturated carbocycles. The van der Waals surface area contributed by atoms with E-state index in [4.69, 9.17) is 11.6 Å². The third-order valence-corrected chi connectivity index (χ3v) is 5.51. The lowest BCUT2D eigenvalue weighted by Crippen LogP contribution is -2.13. The van der Waals surface area contributed by atoms with E-state index in [1.54, 1.807) is 12.3 Å². The molecule has 0 spiro atoms. The molecule has 0 atom stereocenters. The summed E-state index contributed by atoms with van der Waals surface area (Å²) in [5.74, 6) is -0.387. The van der Waals surface area contributed by atoms with Gasteiger partial charge in [-0.2, -0.15) is 0 Å². The van der Waals surface area contributed by atoms with Crippen LogP contribution in [-0.4, -0.2) is 15.9 Å². The Bertz CT molecular complexity index is 1310. The van der Waals surface area contributed by atoms with Crippen LogP contribution in [0.15, 0.2) is 72.9 Å². The third kappa shape index (κ3) is 5.18. The van der Waals surface area contributed by atoms with Gasteiger partial charge in [-0.05, 0) is 54.8 Å². The Morgan fingerprint density at radius 3 is 2.48 bits per heavy atom. The zero-order chi connectivity index (χ0) is 23.4. The number of carbonyl (C=O) groups is 1. The van der Waals surface area contributed by atoms with Crippen molar-refractivity contribution >= 4 is 34.8 Å². The molecule has 0 saturated heterocycles. The van der Waals surface area contributed by atoms with Gasteiger partial charge in [0.15, 0.2) is 0 Å². The van der Waals surface area contributed by atoms with E-state index in [0.717, 1.165) is 27.9 Å². The fourth-order valence-corrected chi connectivity index (χ4v) is 3.52. The van der Waals surface area contributed by atoms with Crippen LogP contribution < -0.4 is 10.6 Å². The maximum absolute atomic E-state index is 14.8. The van der Waals surface area contributed by atoms with Gasteiger partial charge in [0.25, 0.3) is 5.91 Å². The summed E-state index contributed by atoms with van der Waals surface area (Å²) >= 11 is 5.88. The third-order valence-electron chi connectivity index (χ3n) is 5.20. The molecule has 33 heavy (non-hydrogen) atoms.